The molecule has 1 amide bonds. The Morgan fingerprint density at radius 3 is 2.60 bits per heavy atom. The second-order valence-electron chi connectivity index (χ2n) is 8.11. The number of nitrogens with zero attached hydrogens (tertiary/aromatic N) is 3. The van der Waals surface area contributed by atoms with E-state index in [1.807, 2.05) is 48.5 Å². The minimum absolute atomic E-state index is 0.155. The molecule has 4 aromatic rings. The van der Waals surface area contributed by atoms with Gasteiger partial charge in [0.05, 0.1) is 37.5 Å². The Morgan fingerprint density at radius 2 is 1.80 bits per heavy atom. The number of ether oxygens (including phenoxy) is 3. The van der Waals surface area contributed by atoms with Crippen LogP contribution in [0.4, 0.5) is 11.4 Å². The van der Waals surface area contributed by atoms with Crippen molar-refractivity contribution in [2.24, 2.45) is 0 Å². The van der Waals surface area contributed by atoms with E-state index in [0.29, 0.717) is 34.5 Å². The Morgan fingerprint density at radius 1 is 1.00 bits per heavy atom. The fourth-order valence-corrected chi connectivity index (χ4v) is 4.43. The lowest BCUT2D eigenvalue weighted by Gasteiger charge is -2.30. The van der Waals surface area contributed by atoms with E-state index in [-0.39, 0.29) is 12.5 Å². The summed E-state index contributed by atoms with van der Waals surface area (Å²) in [4.78, 5) is 19.5. The molecule has 5 rings (SSSR count). The standard InChI is InChI=1S/C26H25ClN4O4/c1-33-22-5-3-4-6-23(22)35-16-26(32)29-19-9-8-18(14-24(19)34-2)30-11-12-31-21-10-7-17(27)13-20(21)28-25(31)15-30/h3-10,13-14H,11-12,15-16H2,1-2H3,(H,29,32). The molecule has 0 radical (unpaired) electrons. The summed E-state index contributed by atoms with van der Waals surface area (Å²) in [5.41, 5.74) is 3.56. The highest BCUT2D eigenvalue weighted by molar-refractivity contribution is 6.31. The van der Waals surface area contributed by atoms with Crippen LogP contribution >= 0.6 is 11.6 Å². The molecule has 1 N–H and O–H groups in total. The largest absolute Gasteiger partial charge is 0.494 e. The number of halogens is 1. The number of carbonyl (C=O) groups is 1. The van der Waals surface area contributed by atoms with Crippen LogP contribution in [-0.4, -0.2) is 42.8 Å². The number of methoxy groups -OCH3 is 2. The van der Waals surface area contributed by atoms with E-state index in [1.54, 1.807) is 26.4 Å². The van der Waals surface area contributed by atoms with Crippen molar-refractivity contribution in [3.05, 3.63) is 71.5 Å². The van der Waals surface area contributed by atoms with Gasteiger partial charge in [0, 0.05) is 29.9 Å². The highest BCUT2D eigenvalue weighted by atomic mass is 35.5. The summed E-state index contributed by atoms with van der Waals surface area (Å²) in [6.07, 6.45) is 0. The molecule has 9 heteroatoms. The lowest BCUT2D eigenvalue weighted by Crippen LogP contribution is -2.33. The smallest absolute Gasteiger partial charge is 0.262 e. The zero-order valence-electron chi connectivity index (χ0n) is 19.5. The predicted octanol–water partition coefficient (Wildman–Crippen LogP) is 4.74. The van der Waals surface area contributed by atoms with Gasteiger partial charge in [0.1, 0.15) is 11.6 Å². The van der Waals surface area contributed by atoms with Gasteiger partial charge < -0.3 is 29.0 Å². The molecule has 2 heterocycles. The first-order valence-corrected chi connectivity index (χ1v) is 11.6. The fraction of sp³-hybridized carbons (Fsp3) is 0.231. The lowest BCUT2D eigenvalue weighted by molar-refractivity contribution is -0.118. The molecular weight excluding hydrogens is 468 g/mol. The van der Waals surface area contributed by atoms with Crippen LogP contribution in [-0.2, 0) is 17.9 Å². The van der Waals surface area contributed by atoms with Gasteiger partial charge in [0.2, 0.25) is 0 Å². The van der Waals surface area contributed by atoms with Crippen LogP contribution in [0.15, 0.2) is 60.7 Å². The minimum atomic E-state index is -0.299. The van der Waals surface area contributed by atoms with Gasteiger partial charge in [-0.2, -0.15) is 0 Å². The third kappa shape index (κ3) is 4.70. The molecule has 0 saturated carbocycles. The number of aromatic nitrogens is 2. The van der Waals surface area contributed by atoms with Crippen molar-refractivity contribution < 1.29 is 19.0 Å². The number of imidazole rings is 1. The van der Waals surface area contributed by atoms with Crippen LogP contribution in [0.25, 0.3) is 11.0 Å². The molecule has 1 aliphatic heterocycles. The summed E-state index contributed by atoms with van der Waals surface area (Å²) < 4.78 is 18.7. The Labute approximate surface area is 208 Å². The van der Waals surface area contributed by atoms with E-state index in [9.17, 15) is 4.79 Å². The monoisotopic (exact) mass is 492 g/mol. The molecule has 1 aliphatic rings. The first-order chi connectivity index (χ1) is 17.1. The van der Waals surface area contributed by atoms with Crippen LogP contribution in [0.3, 0.4) is 0 Å². The van der Waals surface area contributed by atoms with Crippen molar-refractivity contribution in [3.8, 4) is 17.2 Å². The number of hydrogen-bond donors (Lipinski definition) is 1. The van der Waals surface area contributed by atoms with E-state index in [2.05, 4.69) is 14.8 Å². The van der Waals surface area contributed by atoms with E-state index >= 15 is 0 Å². The van der Waals surface area contributed by atoms with Crippen molar-refractivity contribution in [2.75, 3.05) is 37.6 Å². The van der Waals surface area contributed by atoms with Crippen LogP contribution < -0.4 is 24.4 Å². The first-order valence-electron chi connectivity index (χ1n) is 11.2. The van der Waals surface area contributed by atoms with Crippen molar-refractivity contribution in [3.63, 3.8) is 0 Å². The molecule has 35 heavy (non-hydrogen) atoms. The molecule has 8 nitrogen and oxygen atoms in total. The number of hydrogen-bond acceptors (Lipinski definition) is 6. The van der Waals surface area contributed by atoms with Gasteiger partial charge in [-0.3, -0.25) is 4.79 Å². The van der Waals surface area contributed by atoms with E-state index in [1.165, 1.54) is 0 Å². The molecule has 0 unspecified atom stereocenters. The number of carbonyl (C=O) groups excluding carboxylic acids is 1. The average Bonchev–Trinajstić information content (AvgIpc) is 3.24. The quantitative estimate of drug-likeness (QED) is 0.401. The predicted molar refractivity (Wildman–Crippen MR) is 136 cm³/mol. The van der Waals surface area contributed by atoms with Crippen LogP contribution in [0.5, 0.6) is 17.2 Å². The summed E-state index contributed by atoms with van der Waals surface area (Å²) in [6, 6.07) is 18.7. The summed E-state index contributed by atoms with van der Waals surface area (Å²) >= 11 is 6.14. The maximum Gasteiger partial charge on any atom is 0.262 e. The number of anilines is 2. The van der Waals surface area contributed by atoms with Gasteiger partial charge >= 0.3 is 0 Å². The summed E-state index contributed by atoms with van der Waals surface area (Å²) in [5.74, 6) is 2.33. The maximum absolute atomic E-state index is 12.5. The van der Waals surface area contributed by atoms with Gasteiger partial charge in [-0.15, -0.1) is 0 Å². The van der Waals surface area contributed by atoms with Gasteiger partial charge in [-0.1, -0.05) is 23.7 Å². The van der Waals surface area contributed by atoms with Crippen molar-refractivity contribution in [1.29, 1.82) is 0 Å². The highest BCUT2D eigenvalue weighted by Gasteiger charge is 2.21. The number of amides is 1. The second-order valence-corrected chi connectivity index (χ2v) is 8.54. The third-order valence-electron chi connectivity index (χ3n) is 5.97. The molecule has 180 valence electrons. The summed E-state index contributed by atoms with van der Waals surface area (Å²) in [6.45, 7) is 2.14. The van der Waals surface area contributed by atoms with Crippen molar-refractivity contribution in [1.82, 2.24) is 9.55 Å². The van der Waals surface area contributed by atoms with Crippen LogP contribution in [0.1, 0.15) is 5.82 Å². The number of fused-ring (bicyclic) bond motifs is 3. The number of rotatable bonds is 7. The Kier molecular flexibility index (Phi) is 6.37. The average molecular weight is 493 g/mol. The topological polar surface area (TPSA) is 77.9 Å². The molecule has 0 fully saturated rings. The normalized spacial score (nSPS) is 12.8. The second kappa shape index (κ2) is 9.76. The Hall–Kier alpha value is -3.91. The molecule has 0 saturated heterocycles. The van der Waals surface area contributed by atoms with E-state index < -0.39 is 0 Å². The first kappa shape index (κ1) is 22.9. The molecule has 0 spiro atoms. The van der Waals surface area contributed by atoms with Gasteiger partial charge in [-0.05, 0) is 42.5 Å². The SMILES string of the molecule is COc1cc(N2CCn3c(nc4cc(Cl)ccc43)C2)ccc1NC(=O)COc1ccccc1OC. The summed E-state index contributed by atoms with van der Waals surface area (Å²) in [7, 11) is 3.14. The van der Waals surface area contributed by atoms with Crippen molar-refractivity contribution in [2.45, 2.75) is 13.1 Å². The molecule has 0 atom stereocenters. The Balaban J connectivity index is 1.28. The van der Waals surface area contributed by atoms with Gasteiger partial charge in [0.25, 0.3) is 5.91 Å². The zero-order chi connectivity index (χ0) is 24.4. The molecule has 3 aromatic carbocycles. The number of nitrogens with one attached hydrogen (secondary N) is 1. The van der Waals surface area contributed by atoms with E-state index in [0.717, 1.165) is 35.6 Å². The third-order valence-corrected chi connectivity index (χ3v) is 6.20. The number of benzene rings is 3. The van der Waals surface area contributed by atoms with E-state index in [4.69, 9.17) is 30.8 Å². The lowest BCUT2D eigenvalue weighted by atomic mass is 10.2. The van der Waals surface area contributed by atoms with Crippen molar-refractivity contribution >= 4 is 39.9 Å². The van der Waals surface area contributed by atoms with Crippen LogP contribution in [0.2, 0.25) is 5.02 Å². The summed E-state index contributed by atoms with van der Waals surface area (Å²) in [5, 5.41) is 3.54. The van der Waals surface area contributed by atoms with Crippen LogP contribution in [0, 0.1) is 0 Å². The Bertz CT molecular complexity index is 1390. The molecule has 1 aromatic heterocycles. The molecular formula is C26H25ClN4O4. The minimum Gasteiger partial charge on any atom is -0.494 e. The molecule has 0 bridgehead atoms. The van der Waals surface area contributed by atoms with Gasteiger partial charge in [0.15, 0.2) is 18.1 Å². The highest BCUT2D eigenvalue weighted by Crippen LogP contribution is 2.33. The maximum atomic E-state index is 12.5. The number of para-hydroxylation sites is 2. The molecule has 0 aliphatic carbocycles. The fourth-order valence-electron chi connectivity index (χ4n) is 4.26. The zero-order valence-corrected chi connectivity index (χ0v) is 20.2. The van der Waals surface area contributed by atoms with Gasteiger partial charge in [-0.25, -0.2) is 4.98 Å².